The first-order valence-electron chi connectivity index (χ1n) is 12.4. The van der Waals surface area contributed by atoms with Crippen LogP contribution >= 0.6 is 12.6 Å². The van der Waals surface area contributed by atoms with Gasteiger partial charge in [0, 0.05) is 54.0 Å². The van der Waals surface area contributed by atoms with E-state index in [1.165, 1.54) is 12.5 Å². The summed E-state index contributed by atoms with van der Waals surface area (Å²) in [7, 11) is 0. The Morgan fingerprint density at radius 1 is 0.950 bits per heavy atom. The minimum absolute atomic E-state index is 0.00365. The quantitative estimate of drug-likeness (QED) is 0.0993. The lowest BCUT2D eigenvalue weighted by molar-refractivity contribution is -0.141. The van der Waals surface area contributed by atoms with Gasteiger partial charge in [0.1, 0.15) is 18.1 Å². The first-order valence-corrected chi connectivity index (χ1v) is 13.0. The number of fused-ring (bicyclic) bond motifs is 1. The molecule has 214 valence electrons. The molecule has 10 N–H and O–H groups in total. The zero-order chi connectivity index (χ0) is 29.2. The molecule has 0 aliphatic heterocycles. The number of rotatable bonds is 15. The number of amides is 4. The highest BCUT2D eigenvalue weighted by atomic mass is 32.1. The molecule has 2 aromatic heterocycles. The van der Waals surface area contributed by atoms with Crippen molar-refractivity contribution in [1.82, 2.24) is 30.9 Å². The maximum Gasteiger partial charge on any atom is 0.327 e. The number of nitrogens with two attached hydrogens (primary N) is 2. The fraction of sp³-hybridized carbons (Fsp3) is 0.360. The van der Waals surface area contributed by atoms with Crippen LogP contribution in [0.15, 0.2) is 43.0 Å². The number of primary amides is 1. The molecule has 15 heteroatoms. The summed E-state index contributed by atoms with van der Waals surface area (Å²) in [6.45, 7) is 0. The molecule has 0 aliphatic rings. The van der Waals surface area contributed by atoms with Crippen molar-refractivity contribution >= 4 is 53.1 Å². The number of carbonyl (C=O) groups excluding carboxylic acids is 4. The van der Waals surface area contributed by atoms with E-state index in [1.54, 1.807) is 6.20 Å². The summed E-state index contributed by atoms with van der Waals surface area (Å²) < 4.78 is 0. The number of nitrogens with zero attached hydrogens (tertiary/aromatic N) is 1. The molecule has 0 aliphatic carbocycles. The number of thiol groups is 1. The molecule has 3 aromatic rings. The van der Waals surface area contributed by atoms with E-state index >= 15 is 0 Å². The first kappa shape index (κ1) is 30.2. The second-order valence-corrected chi connectivity index (χ2v) is 9.53. The Balaban J connectivity index is 1.81. The molecule has 0 saturated carbocycles. The van der Waals surface area contributed by atoms with Gasteiger partial charge in [0.05, 0.1) is 12.4 Å². The zero-order valence-corrected chi connectivity index (χ0v) is 22.3. The average molecular weight is 573 g/mol. The Bertz CT molecular complexity index is 1340. The molecule has 0 radical (unpaired) electrons. The number of aromatic nitrogens is 3. The number of hydrogen-bond acceptors (Lipinski definition) is 8. The van der Waals surface area contributed by atoms with Crippen LogP contribution in [0.3, 0.4) is 0 Å². The zero-order valence-electron chi connectivity index (χ0n) is 21.4. The van der Waals surface area contributed by atoms with Crippen LogP contribution in [0.4, 0.5) is 0 Å². The predicted octanol–water partition coefficient (Wildman–Crippen LogP) is -1.26. The number of imidazole rings is 1. The van der Waals surface area contributed by atoms with Gasteiger partial charge in [-0.25, -0.2) is 9.78 Å². The first-order chi connectivity index (χ1) is 19.1. The lowest BCUT2D eigenvalue weighted by atomic mass is 10.0. The van der Waals surface area contributed by atoms with Crippen LogP contribution in [0.5, 0.6) is 0 Å². The van der Waals surface area contributed by atoms with Crippen molar-refractivity contribution in [2.45, 2.75) is 49.9 Å². The molecule has 0 spiro atoms. The van der Waals surface area contributed by atoms with E-state index in [9.17, 15) is 29.1 Å². The van der Waals surface area contributed by atoms with E-state index in [0.717, 1.165) is 10.9 Å². The predicted molar refractivity (Wildman–Crippen MR) is 148 cm³/mol. The van der Waals surface area contributed by atoms with E-state index in [1.807, 2.05) is 24.3 Å². The fourth-order valence-corrected chi connectivity index (χ4v) is 4.27. The van der Waals surface area contributed by atoms with E-state index in [4.69, 9.17) is 11.5 Å². The summed E-state index contributed by atoms with van der Waals surface area (Å²) in [4.78, 5) is 72.1. The average Bonchev–Trinajstić information content (AvgIpc) is 3.58. The number of aromatic amines is 2. The lowest BCUT2D eigenvalue weighted by Gasteiger charge is -2.25. The molecule has 40 heavy (non-hydrogen) atoms. The molecule has 4 amide bonds. The molecule has 4 atom stereocenters. The van der Waals surface area contributed by atoms with Gasteiger partial charge >= 0.3 is 5.97 Å². The van der Waals surface area contributed by atoms with E-state index < -0.39 is 53.8 Å². The maximum absolute atomic E-state index is 13.4. The Hall–Kier alpha value is -4.37. The van der Waals surface area contributed by atoms with Gasteiger partial charge in [0.2, 0.25) is 23.6 Å². The number of H-pyrrole nitrogens is 2. The van der Waals surface area contributed by atoms with E-state index in [2.05, 4.69) is 43.5 Å². The van der Waals surface area contributed by atoms with Gasteiger partial charge in [0.25, 0.3) is 0 Å². The summed E-state index contributed by atoms with van der Waals surface area (Å²) in [5, 5.41) is 17.7. The van der Waals surface area contributed by atoms with Gasteiger partial charge < -0.3 is 42.5 Å². The number of para-hydroxylation sites is 1. The molecule has 14 nitrogen and oxygen atoms in total. The Morgan fingerprint density at radius 2 is 1.62 bits per heavy atom. The Labute approximate surface area is 234 Å². The fourth-order valence-electron chi connectivity index (χ4n) is 4.02. The molecule has 3 rings (SSSR count). The SMILES string of the molecule is NC(=O)CCC(NC(=O)C(N)Cc1cnc[nH]1)C(=O)NC(Cc1c[nH]c2ccccc12)C(=O)NC(CS)C(=O)O. The number of carboxylic acids is 1. The number of nitrogens with one attached hydrogen (secondary N) is 5. The highest BCUT2D eigenvalue weighted by molar-refractivity contribution is 7.80. The standard InChI is InChI=1S/C25H32N8O6S/c26-16(8-14-10-28-12-30-14)22(35)31-18(5-6-21(27)34)23(36)32-19(24(37)33-20(11-40)25(38)39)7-13-9-29-17-4-2-1-3-15(13)17/h1-4,9-10,12,16,18-20,29,40H,5-8,11,26H2,(H2,27,34)(H,28,30)(H,31,35)(H,32,36)(H,33,37)(H,38,39). The van der Waals surface area contributed by atoms with E-state index in [-0.39, 0.29) is 31.4 Å². The van der Waals surface area contributed by atoms with Crippen molar-refractivity contribution in [3.05, 3.63) is 54.2 Å². The summed E-state index contributed by atoms with van der Waals surface area (Å²) in [6, 6.07) is 2.49. The van der Waals surface area contributed by atoms with Gasteiger partial charge in [-0.05, 0) is 18.1 Å². The van der Waals surface area contributed by atoms with Crippen LogP contribution in [0, 0.1) is 0 Å². The number of carbonyl (C=O) groups is 5. The number of aliphatic carboxylic acids is 1. The number of benzene rings is 1. The van der Waals surface area contributed by atoms with Crippen LogP contribution < -0.4 is 27.4 Å². The third-order valence-corrected chi connectivity index (χ3v) is 6.54. The van der Waals surface area contributed by atoms with Crippen LogP contribution in [-0.4, -0.2) is 79.6 Å². The van der Waals surface area contributed by atoms with Crippen molar-refractivity contribution in [3.8, 4) is 0 Å². The van der Waals surface area contributed by atoms with Crippen molar-refractivity contribution in [1.29, 1.82) is 0 Å². The van der Waals surface area contributed by atoms with Gasteiger partial charge in [-0.1, -0.05) is 18.2 Å². The van der Waals surface area contributed by atoms with Crippen molar-refractivity contribution in [2.24, 2.45) is 11.5 Å². The second kappa shape index (κ2) is 14.1. The van der Waals surface area contributed by atoms with Gasteiger partial charge in [-0.15, -0.1) is 0 Å². The third kappa shape index (κ3) is 8.31. The maximum atomic E-state index is 13.4. The Kier molecular flexibility index (Phi) is 10.7. The second-order valence-electron chi connectivity index (χ2n) is 9.16. The summed E-state index contributed by atoms with van der Waals surface area (Å²) >= 11 is 3.98. The minimum atomic E-state index is -1.30. The molecular weight excluding hydrogens is 540 g/mol. The number of carboxylic acid groups (broad SMARTS) is 1. The smallest absolute Gasteiger partial charge is 0.327 e. The molecule has 2 heterocycles. The molecule has 0 fully saturated rings. The molecule has 0 saturated heterocycles. The molecule has 0 bridgehead atoms. The monoisotopic (exact) mass is 572 g/mol. The number of hydrogen-bond donors (Lipinski definition) is 9. The van der Waals surface area contributed by atoms with E-state index in [0.29, 0.717) is 11.3 Å². The van der Waals surface area contributed by atoms with Crippen molar-refractivity contribution < 1.29 is 29.1 Å². The summed E-state index contributed by atoms with van der Waals surface area (Å²) in [5.74, 6) is -4.38. The largest absolute Gasteiger partial charge is 0.480 e. The van der Waals surface area contributed by atoms with Gasteiger partial charge in [-0.2, -0.15) is 12.6 Å². The van der Waals surface area contributed by atoms with Crippen LogP contribution in [0.2, 0.25) is 0 Å². The molecule has 4 unspecified atom stereocenters. The van der Waals surface area contributed by atoms with Crippen LogP contribution in [0.25, 0.3) is 10.9 Å². The normalized spacial score (nSPS) is 14.1. The molecule has 1 aromatic carbocycles. The third-order valence-electron chi connectivity index (χ3n) is 6.17. The van der Waals surface area contributed by atoms with Gasteiger partial charge in [0.15, 0.2) is 0 Å². The van der Waals surface area contributed by atoms with Crippen LogP contribution in [-0.2, 0) is 36.8 Å². The van der Waals surface area contributed by atoms with Crippen LogP contribution in [0.1, 0.15) is 24.1 Å². The van der Waals surface area contributed by atoms with Gasteiger partial charge in [-0.3, -0.25) is 19.2 Å². The highest BCUT2D eigenvalue weighted by Crippen LogP contribution is 2.19. The topological polar surface area (TPSA) is 238 Å². The van der Waals surface area contributed by atoms with Crippen molar-refractivity contribution in [3.63, 3.8) is 0 Å². The molecular formula is C25H32N8O6S. The highest BCUT2D eigenvalue weighted by Gasteiger charge is 2.31. The van der Waals surface area contributed by atoms with Crippen molar-refractivity contribution in [2.75, 3.05) is 5.75 Å². The summed E-state index contributed by atoms with van der Waals surface area (Å²) in [5.41, 5.74) is 13.4. The lowest BCUT2D eigenvalue weighted by Crippen LogP contribution is -2.58. The minimum Gasteiger partial charge on any atom is -0.480 e. The summed E-state index contributed by atoms with van der Waals surface area (Å²) in [6.07, 6.45) is 4.36. The Morgan fingerprint density at radius 3 is 2.27 bits per heavy atom.